The van der Waals surface area contributed by atoms with Gasteiger partial charge in [0.15, 0.2) is 0 Å². The molecule has 0 aliphatic carbocycles. The van der Waals surface area contributed by atoms with Crippen molar-refractivity contribution in [2.24, 2.45) is 0 Å². The van der Waals surface area contributed by atoms with E-state index in [1.54, 1.807) is 7.05 Å². The summed E-state index contributed by atoms with van der Waals surface area (Å²) in [5, 5.41) is 12.0. The molecule has 0 saturated carbocycles. The van der Waals surface area contributed by atoms with E-state index in [-0.39, 0.29) is 4.65 Å². The molecule has 0 bridgehead atoms. The zero-order chi connectivity index (χ0) is 12.6. The van der Waals surface area contributed by atoms with Gasteiger partial charge in [0.25, 0.3) is 0 Å². The average Bonchev–Trinajstić information content (AvgIpc) is 2.68. The summed E-state index contributed by atoms with van der Waals surface area (Å²) in [6, 6.07) is 8.01. The Morgan fingerprint density at radius 1 is 1.28 bits per heavy atom. The fraction of sp³-hybridized carbons (Fsp3) is 0.462. The van der Waals surface area contributed by atoms with Gasteiger partial charge in [0.2, 0.25) is 5.95 Å². The molecule has 1 aliphatic rings. The van der Waals surface area contributed by atoms with Gasteiger partial charge in [-0.1, -0.05) is 12.1 Å². The number of hydrogen-bond acceptors (Lipinski definition) is 3. The Morgan fingerprint density at radius 3 is 2.94 bits per heavy atom. The lowest BCUT2D eigenvalue weighted by molar-refractivity contribution is -0.858. The van der Waals surface area contributed by atoms with Crippen LogP contribution in [0.1, 0.15) is 6.42 Å². The van der Waals surface area contributed by atoms with Gasteiger partial charge in [-0.25, -0.2) is 4.98 Å². The molecule has 96 valence electrons. The molecule has 0 radical (unpaired) electrons. The van der Waals surface area contributed by atoms with Crippen molar-refractivity contribution < 1.29 is 4.65 Å². The van der Waals surface area contributed by atoms with E-state index in [9.17, 15) is 5.21 Å². The summed E-state index contributed by atoms with van der Waals surface area (Å²) in [4.78, 5) is 10.1. The number of nitrogens with zero attached hydrogens (tertiary/aromatic N) is 3. The molecule has 18 heavy (non-hydrogen) atoms. The van der Waals surface area contributed by atoms with Gasteiger partial charge in [-0.05, 0) is 12.1 Å². The number of aromatic amines is 1. The van der Waals surface area contributed by atoms with Crippen LogP contribution in [0, 0.1) is 5.21 Å². The third-order valence-corrected chi connectivity index (χ3v) is 3.58. The molecule has 1 atom stereocenters. The van der Waals surface area contributed by atoms with Crippen LogP contribution in [0.2, 0.25) is 0 Å². The highest BCUT2D eigenvalue weighted by Crippen LogP contribution is 2.19. The summed E-state index contributed by atoms with van der Waals surface area (Å²) in [6.07, 6.45) is 0.914. The van der Waals surface area contributed by atoms with Crippen molar-refractivity contribution in [3.05, 3.63) is 29.5 Å². The molecule has 2 aromatic rings. The lowest BCUT2D eigenvalue weighted by atomic mass is 10.3. The molecule has 1 N–H and O–H groups in total. The minimum Gasteiger partial charge on any atom is -0.633 e. The SMILES string of the molecule is C[N+]1([O-])CCCN(c2nc3ccccc3[nH]2)CC1. The van der Waals surface area contributed by atoms with E-state index in [2.05, 4.69) is 14.9 Å². The third kappa shape index (κ3) is 2.19. The summed E-state index contributed by atoms with van der Waals surface area (Å²) >= 11 is 0. The normalized spacial score (nSPS) is 25.3. The number of nitrogens with one attached hydrogen (secondary N) is 1. The maximum Gasteiger partial charge on any atom is 0.204 e. The zero-order valence-corrected chi connectivity index (χ0v) is 10.6. The van der Waals surface area contributed by atoms with Gasteiger partial charge in [-0.15, -0.1) is 0 Å². The minimum absolute atomic E-state index is 0.142. The lowest BCUT2D eigenvalue weighted by Gasteiger charge is -2.37. The lowest BCUT2D eigenvalue weighted by Crippen LogP contribution is -2.41. The maximum atomic E-state index is 12.0. The van der Waals surface area contributed by atoms with E-state index in [1.807, 2.05) is 24.3 Å². The topological polar surface area (TPSA) is 55.0 Å². The summed E-state index contributed by atoms with van der Waals surface area (Å²) in [7, 11) is 1.75. The Hall–Kier alpha value is -1.59. The number of H-pyrrole nitrogens is 1. The highest BCUT2D eigenvalue weighted by Gasteiger charge is 2.20. The molecule has 1 saturated heterocycles. The van der Waals surface area contributed by atoms with Crippen LogP contribution < -0.4 is 4.90 Å². The van der Waals surface area contributed by atoms with Crippen LogP contribution in [0.4, 0.5) is 5.95 Å². The predicted octanol–water partition coefficient (Wildman–Crippen LogP) is 1.72. The van der Waals surface area contributed by atoms with E-state index < -0.39 is 0 Å². The minimum atomic E-state index is -0.142. The molecular formula is C13H18N4O. The van der Waals surface area contributed by atoms with E-state index in [0.29, 0.717) is 13.1 Å². The number of hydrogen-bond donors (Lipinski definition) is 1. The Balaban J connectivity index is 1.85. The zero-order valence-electron chi connectivity index (χ0n) is 10.6. The van der Waals surface area contributed by atoms with E-state index in [1.165, 1.54) is 0 Å². The molecule has 0 spiro atoms. The number of quaternary nitrogens is 1. The van der Waals surface area contributed by atoms with Crippen molar-refractivity contribution in [1.29, 1.82) is 0 Å². The van der Waals surface area contributed by atoms with Crippen LogP contribution in [-0.4, -0.2) is 47.8 Å². The summed E-state index contributed by atoms with van der Waals surface area (Å²) < 4.78 is -0.142. The van der Waals surface area contributed by atoms with Crippen LogP contribution >= 0.6 is 0 Å². The number of fused-ring (bicyclic) bond motifs is 1. The highest BCUT2D eigenvalue weighted by molar-refractivity contribution is 5.77. The standard InChI is InChI=1S/C13H18N4O/c1-17(18)9-4-7-16(8-10-17)13-14-11-5-2-3-6-12(11)15-13/h2-3,5-6H,4,7-10H2,1H3,(H,14,15). The molecule has 0 amide bonds. The number of para-hydroxylation sites is 2. The van der Waals surface area contributed by atoms with E-state index in [4.69, 9.17) is 0 Å². The first-order valence-corrected chi connectivity index (χ1v) is 6.39. The van der Waals surface area contributed by atoms with Gasteiger partial charge < -0.3 is 19.7 Å². The van der Waals surface area contributed by atoms with Gasteiger partial charge in [0.1, 0.15) is 0 Å². The molecule has 1 unspecified atom stereocenters. The maximum absolute atomic E-state index is 12.0. The van der Waals surface area contributed by atoms with Gasteiger partial charge in [0, 0.05) is 13.0 Å². The summed E-state index contributed by atoms with van der Waals surface area (Å²) in [5.74, 6) is 0.887. The fourth-order valence-corrected chi connectivity index (χ4v) is 2.45. The predicted molar refractivity (Wildman–Crippen MR) is 72.2 cm³/mol. The van der Waals surface area contributed by atoms with Gasteiger partial charge in [-0.3, -0.25) is 0 Å². The number of aromatic nitrogens is 2. The molecule has 2 heterocycles. The van der Waals surface area contributed by atoms with Gasteiger partial charge in [-0.2, -0.15) is 0 Å². The molecule has 1 fully saturated rings. The van der Waals surface area contributed by atoms with Crippen LogP contribution in [0.3, 0.4) is 0 Å². The van der Waals surface area contributed by atoms with Gasteiger partial charge >= 0.3 is 0 Å². The second-order valence-corrected chi connectivity index (χ2v) is 5.16. The Morgan fingerprint density at radius 2 is 2.11 bits per heavy atom. The number of hydroxylamine groups is 3. The molecule has 1 aliphatic heterocycles. The largest absolute Gasteiger partial charge is 0.633 e. The Bertz CT molecular complexity index is 516. The van der Waals surface area contributed by atoms with Crippen molar-refractivity contribution in [2.75, 3.05) is 38.1 Å². The molecule has 3 rings (SSSR count). The van der Waals surface area contributed by atoms with Crippen molar-refractivity contribution in [3.63, 3.8) is 0 Å². The second kappa shape index (κ2) is 4.26. The molecule has 1 aromatic heterocycles. The van der Waals surface area contributed by atoms with Crippen LogP contribution in [0.5, 0.6) is 0 Å². The van der Waals surface area contributed by atoms with E-state index in [0.717, 1.165) is 36.5 Å². The third-order valence-electron chi connectivity index (χ3n) is 3.58. The van der Waals surface area contributed by atoms with Crippen LogP contribution in [0.15, 0.2) is 24.3 Å². The molecule has 1 aromatic carbocycles. The van der Waals surface area contributed by atoms with E-state index >= 15 is 0 Å². The molecule has 5 heteroatoms. The monoisotopic (exact) mass is 246 g/mol. The first-order valence-electron chi connectivity index (χ1n) is 6.39. The fourth-order valence-electron chi connectivity index (χ4n) is 2.45. The Labute approximate surface area is 106 Å². The number of imidazole rings is 1. The highest BCUT2D eigenvalue weighted by atomic mass is 16.5. The number of rotatable bonds is 1. The van der Waals surface area contributed by atoms with Gasteiger partial charge in [0.05, 0.1) is 37.7 Å². The quantitative estimate of drug-likeness (QED) is 0.615. The first kappa shape index (κ1) is 11.5. The summed E-state index contributed by atoms with van der Waals surface area (Å²) in [6.45, 7) is 2.98. The van der Waals surface area contributed by atoms with Crippen LogP contribution in [0.25, 0.3) is 11.0 Å². The first-order chi connectivity index (χ1) is 8.64. The molecular weight excluding hydrogens is 228 g/mol. The second-order valence-electron chi connectivity index (χ2n) is 5.16. The smallest absolute Gasteiger partial charge is 0.204 e. The average molecular weight is 246 g/mol. The van der Waals surface area contributed by atoms with Crippen molar-refractivity contribution in [1.82, 2.24) is 9.97 Å². The number of likely N-dealkylation sites (N-methyl/N-ethyl adjacent to an activating group) is 1. The van der Waals surface area contributed by atoms with Crippen molar-refractivity contribution >= 4 is 17.0 Å². The van der Waals surface area contributed by atoms with Crippen LogP contribution in [-0.2, 0) is 0 Å². The molecule has 5 nitrogen and oxygen atoms in total. The Kier molecular flexibility index (Phi) is 2.72. The van der Waals surface area contributed by atoms with Crippen molar-refractivity contribution in [3.8, 4) is 0 Å². The summed E-state index contributed by atoms with van der Waals surface area (Å²) in [5.41, 5.74) is 2.03. The number of anilines is 1. The number of benzene rings is 1. The van der Waals surface area contributed by atoms with Crippen molar-refractivity contribution in [2.45, 2.75) is 6.42 Å².